The largest absolute Gasteiger partial charge is 0.387 e. The molecule has 0 aliphatic carbocycles. The van der Waals surface area contributed by atoms with Crippen LogP contribution >= 0.6 is 11.3 Å². The average Bonchev–Trinajstić information content (AvgIpc) is 3.26. The number of carbonyl (C=O) groups is 1. The van der Waals surface area contributed by atoms with E-state index in [1.54, 1.807) is 6.20 Å². The fraction of sp³-hybridized carbons (Fsp3) is 0.125. The number of carbonyl (C=O) groups excluding carboxylic acids is 1. The lowest BCUT2D eigenvalue weighted by atomic mass is 10.1. The Morgan fingerprint density at radius 3 is 2.74 bits per heavy atom. The Balaban J connectivity index is 1.51. The molecular weight excluding hydrogens is 312 g/mol. The standard InChI is InChI=1S/C16H16N4O2S/c21-15(12-6-8-23-10-12)9-17-16(22)19-13-3-1-11(2-4-13)14-5-7-18-20-14/h1-8,10,15,21H,9H2,(H,18,20)(H2,17,19,22). The summed E-state index contributed by atoms with van der Waals surface area (Å²) in [5, 5.41) is 25.8. The van der Waals surface area contributed by atoms with E-state index in [0.717, 1.165) is 16.8 Å². The Bertz CT molecular complexity index is 739. The average molecular weight is 328 g/mol. The number of anilines is 1. The van der Waals surface area contributed by atoms with Gasteiger partial charge in [0.1, 0.15) is 0 Å². The number of urea groups is 1. The van der Waals surface area contributed by atoms with E-state index < -0.39 is 6.10 Å². The van der Waals surface area contributed by atoms with E-state index in [4.69, 9.17) is 0 Å². The number of H-pyrrole nitrogens is 1. The quantitative estimate of drug-likeness (QED) is 0.580. The molecule has 3 rings (SSSR count). The molecule has 0 aliphatic rings. The number of nitrogens with one attached hydrogen (secondary N) is 3. The van der Waals surface area contributed by atoms with Gasteiger partial charge in [-0.2, -0.15) is 16.4 Å². The lowest BCUT2D eigenvalue weighted by molar-refractivity contribution is 0.175. The highest BCUT2D eigenvalue weighted by Gasteiger charge is 2.10. The van der Waals surface area contributed by atoms with E-state index in [-0.39, 0.29) is 12.6 Å². The molecule has 4 N–H and O–H groups in total. The second-order valence-electron chi connectivity index (χ2n) is 4.96. The molecule has 6 nitrogen and oxygen atoms in total. The number of rotatable bonds is 5. The number of nitrogens with zero attached hydrogens (tertiary/aromatic N) is 1. The van der Waals surface area contributed by atoms with Crippen LogP contribution in [0.25, 0.3) is 11.3 Å². The van der Waals surface area contributed by atoms with Crippen molar-refractivity contribution in [2.24, 2.45) is 0 Å². The minimum absolute atomic E-state index is 0.162. The van der Waals surface area contributed by atoms with Crippen molar-refractivity contribution in [1.29, 1.82) is 0 Å². The second kappa shape index (κ2) is 7.08. The van der Waals surface area contributed by atoms with Crippen LogP contribution < -0.4 is 10.6 Å². The highest BCUT2D eigenvalue weighted by Crippen LogP contribution is 2.19. The molecule has 23 heavy (non-hydrogen) atoms. The minimum Gasteiger partial charge on any atom is -0.387 e. The lowest BCUT2D eigenvalue weighted by Crippen LogP contribution is -2.32. The zero-order chi connectivity index (χ0) is 16.1. The smallest absolute Gasteiger partial charge is 0.319 e. The van der Waals surface area contributed by atoms with Gasteiger partial charge in [0.05, 0.1) is 11.8 Å². The van der Waals surface area contributed by atoms with Gasteiger partial charge in [-0.15, -0.1) is 0 Å². The first-order chi connectivity index (χ1) is 11.2. The van der Waals surface area contributed by atoms with Crippen LogP contribution in [0.3, 0.4) is 0 Å². The van der Waals surface area contributed by atoms with Crippen LogP contribution in [-0.2, 0) is 0 Å². The van der Waals surface area contributed by atoms with Gasteiger partial charge < -0.3 is 15.7 Å². The van der Waals surface area contributed by atoms with Gasteiger partial charge in [-0.05, 0) is 46.2 Å². The zero-order valence-corrected chi connectivity index (χ0v) is 13.0. The van der Waals surface area contributed by atoms with Gasteiger partial charge in [-0.1, -0.05) is 12.1 Å². The molecule has 0 fully saturated rings. The maximum atomic E-state index is 11.9. The molecule has 0 radical (unpaired) electrons. The number of amides is 2. The first kappa shape index (κ1) is 15.3. The molecule has 2 amide bonds. The van der Waals surface area contributed by atoms with E-state index in [1.165, 1.54) is 11.3 Å². The summed E-state index contributed by atoms with van der Waals surface area (Å²) in [5.74, 6) is 0. The van der Waals surface area contributed by atoms with Crippen molar-refractivity contribution in [3.05, 3.63) is 58.9 Å². The van der Waals surface area contributed by atoms with E-state index in [2.05, 4.69) is 20.8 Å². The molecular formula is C16H16N4O2S. The van der Waals surface area contributed by atoms with Crippen LogP contribution in [0.2, 0.25) is 0 Å². The number of aromatic amines is 1. The van der Waals surface area contributed by atoms with Gasteiger partial charge in [0, 0.05) is 18.4 Å². The van der Waals surface area contributed by atoms with Crippen molar-refractivity contribution < 1.29 is 9.90 Å². The number of aliphatic hydroxyl groups excluding tert-OH is 1. The number of benzene rings is 1. The molecule has 2 heterocycles. The zero-order valence-electron chi connectivity index (χ0n) is 12.2. The van der Waals surface area contributed by atoms with Crippen LogP contribution in [0.15, 0.2) is 53.4 Å². The number of hydrogen-bond acceptors (Lipinski definition) is 4. The molecule has 0 saturated carbocycles. The summed E-state index contributed by atoms with van der Waals surface area (Å²) in [5.41, 5.74) is 3.39. The SMILES string of the molecule is O=C(NCC(O)c1ccsc1)Nc1ccc(-c2ccn[nH]2)cc1. The molecule has 0 aliphatic heterocycles. The van der Waals surface area contributed by atoms with Gasteiger partial charge in [0.15, 0.2) is 0 Å². The van der Waals surface area contributed by atoms with Gasteiger partial charge in [0.25, 0.3) is 0 Å². The lowest BCUT2D eigenvalue weighted by Gasteiger charge is -2.11. The van der Waals surface area contributed by atoms with Crippen molar-refractivity contribution in [2.45, 2.75) is 6.10 Å². The number of aromatic nitrogens is 2. The summed E-state index contributed by atoms with van der Waals surface area (Å²) in [4.78, 5) is 11.9. The normalized spacial score (nSPS) is 11.9. The van der Waals surface area contributed by atoms with Crippen molar-refractivity contribution >= 4 is 23.1 Å². The fourth-order valence-corrected chi connectivity index (χ4v) is 2.80. The fourth-order valence-electron chi connectivity index (χ4n) is 2.10. The Hall–Kier alpha value is -2.64. The van der Waals surface area contributed by atoms with Crippen LogP contribution in [0.4, 0.5) is 10.5 Å². The van der Waals surface area contributed by atoms with Crippen LogP contribution in [0.5, 0.6) is 0 Å². The Morgan fingerprint density at radius 1 is 1.26 bits per heavy atom. The molecule has 1 aromatic carbocycles. The molecule has 0 saturated heterocycles. The van der Waals surface area contributed by atoms with Gasteiger partial charge in [0.2, 0.25) is 0 Å². The molecule has 1 atom stereocenters. The van der Waals surface area contributed by atoms with Crippen molar-refractivity contribution in [3.63, 3.8) is 0 Å². The summed E-state index contributed by atoms with van der Waals surface area (Å²) >= 11 is 1.51. The van der Waals surface area contributed by atoms with Crippen molar-refractivity contribution in [3.8, 4) is 11.3 Å². The van der Waals surface area contributed by atoms with Gasteiger partial charge >= 0.3 is 6.03 Å². The first-order valence-electron chi connectivity index (χ1n) is 7.07. The molecule has 1 unspecified atom stereocenters. The van der Waals surface area contributed by atoms with Crippen LogP contribution in [-0.4, -0.2) is 27.9 Å². The van der Waals surface area contributed by atoms with Crippen LogP contribution in [0, 0.1) is 0 Å². The number of thiophene rings is 1. The Kier molecular flexibility index (Phi) is 4.70. The monoisotopic (exact) mass is 328 g/mol. The van der Waals surface area contributed by atoms with Gasteiger partial charge in [-0.3, -0.25) is 5.10 Å². The Morgan fingerprint density at radius 2 is 2.09 bits per heavy atom. The number of hydrogen-bond donors (Lipinski definition) is 4. The summed E-state index contributed by atoms with van der Waals surface area (Å²) in [6.07, 6.45) is 0.989. The predicted octanol–water partition coefficient (Wildman–Crippen LogP) is 2.99. The molecule has 118 valence electrons. The summed E-state index contributed by atoms with van der Waals surface area (Å²) < 4.78 is 0. The third-order valence-electron chi connectivity index (χ3n) is 3.34. The highest BCUT2D eigenvalue weighted by atomic mass is 32.1. The Labute approximate surface area is 137 Å². The first-order valence-corrected chi connectivity index (χ1v) is 8.01. The van der Waals surface area contributed by atoms with Gasteiger partial charge in [-0.25, -0.2) is 4.79 Å². The highest BCUT2D eigenvalue weighted by molar-refractivity contribution is 7.07. The molecule has 2 aromatic heterocycles. The van der Waals surface area contributed by atoms with E-state index in [9.17, 15) is 9.90 Å². The third kappa shape index (κ3) is 3.97. The van der Waals surface area contributed by atoms with E-state index in [1.807, 2.05) is 47.2 Å². The molecule has 0 spiro atoms. The maximum Gasteiger partial charge on any atom is 0.319 e. The summed E-state index contributed by atoms with van der Waals surface area (Å²) in [6.45, 7) is 0.162. The topological polar surface area (TPSA) is 90.0 Å². The predicted molar refractivity (Wildman–Crippen MR) is 90.3 cm³/mol. The second-order valence-corrected chi connectivity index (χ2v) is 5.74. The molecule has 0 bridgehead atoms. The molecule has 3 aromatic rings. The van der Waals surface area contributed by atoms with Crippen LogP contribution in [0.1, 0.15) is 11.7 Å². The molecule has 7 heteroatoms. The van der Waals surface area contributed by atoms with Crippen molar-refractivity contribution in [2.75, 3.05) is 11.9 Å². The van der Waals surface area contributed by atoms with E-state index >= 15 is 0 Å². The van der Waals surface area contributed by atoms with E-state index in [0.29, 0.717) is 5.69 Å². The maximum absolute atomic E-state index is 11.9. The summed E-state index contributed by atoms with van der Waals surface area (Å²) in [7, 11) is 0. The number of aliphatic hydroxyl groups is 1. The minimum atomic E-state index is -0.699. The van der Waals surface area contributed by atoms with Crippen molar-refractivity contribution in [1.82, 2.24) is 15.5 Å². The third-order valence-corrected chi connectivity index (χ3v) is 4.04. The summed E-state index contributed by atoms with van der Waals surface area (Å²) in [6, 6.07) is 10.8.